The normalized spacial score (nSPS) is 11.6. The standard InChI is InChI=1S/C21H25N3O.2C2H6/c1-3-5-10-18(4-2)20(19-11-7-6-8-12-19)21(25)23-13-9-15-24-16-14-22-17-24;2*1-2/h3-8,10-12,14,16-17,20H,1,9,13,15H2,2H3,(H,23,25);2*1-2H3/b10-5-,18-4+;;. The van der Waals surface area contributed by atoms with Gasteiger partial charge in [0.1, 0.15) is 0 Å². The lowest BCUT2D eigenvalue weighted by atomic mass is 9.89. The van der Waals surface area contributed by atoms with Crippen molar-refractivity contribution in [3.05, 3.63) is 91.1 Å². The molecule has 0 saturated heterocycles. The van der Waals surface area contributed by atoms with E-state index in [1.54, 1.807) is 18.6 Å². The van der Waals surface area contributed by atoms with Crippen molar-refractivity contribution in [3.8, 4) is 0 Å². The van der Waals surface area contributed by atoms with Crippen LogP contribution in [0, 0.1) is 0 Å². The fourth-order valence-corrected chi connectivity index (χ4v) is 2.67. The molecule has 2 aromatic rings. The average Bonchev–Trinajstić information content (AvgIpc) is 3.31. The SMILES string of the molecule is C=C/C=C\C(=C/C)C(C(=O)NCCCn1ccnc1)c1ccccc1.CC.CC. The van der Waals surface area contributed by atoms with Crippen LogP contribution in [-0.2, 0) is 11.3 Å². The molecule has 0 aliphatic rings. The van der Waals surface area contributed by atoms with Gasteiger partial charge in [0.25, 0.3) is 0 Å². The number of carbonyl (C=O) groups excluding carboxylic acids is 1. The molecular formula is C25H37N3O. The third-order valence-corrected chi connectivity index (χ3v) is 3.94. The maximum atomic E-state index is 12.8. The largest absolute Gasteiger partial charge is 0.355 e. The van der Waals surface area contributed by atoms with Crippen LogP contribution in [0.3, 0.4) is 0 Å². The van der Waals surface area contributed by atoms with Gasteiger partial charge in [-0.3, -0.25) is 4.79 Å². The molecule has 1 aromatic carbocycles. The van der Waals surface area contributed by atoms with E-state index in [4.69, 9.17) is 0 Å². The van der Waals surface area contributed by atoms with Crippen molar-refractivity contribution in [3.63, 3.8) is 0 Å². The molecule has 1 aromatic heterocycles. The van der Waals surface area contributed by atoms with Gasteiger partial charge in [0, 0.05) is 25.5 Å². The zero-order valence-electron chi connectivity index (χ0n) is 18.6. The molecule has 0 saturated carbocycles. The molecule has 1 amide bonds. The molecule has 0 aliphatic carbocycles. The lowest BCUT2D eigenvalue weighted by Crippen LogP contribution is -2.31. The maximum Gasteiger partial charge on any atom is 0.231 e. The molecule has 2 rings (SSSR count). The van der Waals surface area contributed by atoms with Gasteiger partial charge in [-0.05, 0) is 24.5 Å². The van der Waals surface area contributed by atoms with Crippen LogP contribution in [0.5, 0.6) is 0 Å². The second kappa shape index (κ2) is 17.2. The number of benzene rings is 1. The number of allylic oxidation sites excluding steroid dienone is 4. The number of hydrogen-bond acceptors (Lipinski definition) is 2. The van der Waals surface area contributed by atoms with E-state index in [1.165, 1.54) is 0 Å². The van der Waals surface area contributed by atoms with Crippen molar-refractivity contribution in [2.75, 3.05) is 6.54 Å². The highest BCUT2D eigenvalue weighted by atomic mass is 16.1. The Morgan fingerprint density at radius 3 is 2.45 bits per heavy atom. The Labute approximate surface area is 177 Å². The number of amides is 1. The van der Waals surface area contributed by atoms with E-state index < -0.39 is 0 Å². The van der Waals surface area contributed by atoms with E-state index in [0.717, 1.165) is 24.1 Å². The molecule has 1 unspecified atom stereocenters. The van der Waals surface area contributed by atoms with Gasteiger partial charge in [0.05, 0.1) is 12.2 Å². The number of nitrogens with zero attached hydrogens (tertiary/aromatic N) is 2. The summed E-state index contributed by atoms with van der Waals surface area (Å²) < 4.78 is 2.00. The lowest BCUT2D eigenvalue weighted by Gasteiger charge is -2.19. The summed E-state index contributed by atoms with van der Waals surface area (Å²) in [6.07, 6.45) is 13.8. The van der Waals surface area contributed by atoms with Crippen molar-refractivity contribution >= 4 is 5.91 Å². The Morgan fingerprint density at radius 1 is 1.21 bits per heavy atom. The van der Waals surface area contributed by atoms with E-state index in [2.05, 4.69) is 16.9 Å². The van der Waals surface area contributed by atoms with Crippen LogP contribution in [0.4, 0.5) is 0 Å². The number of rotatable bonds is 9. The first-order valence-electron chi connectivity index (χ1n) is 10.5. The first-order valence-corrected chi connectivity index (χ1v) is 10.5. The van der Waals surface area contributed by atoms with Gasteiger partial charge in [-0.1, -0.05) is 88.9 Å². The van der Waals surface area contributed by atoms with Crippen LogP contribution >= 0.6 is 0 Å². The minimum atomic E-state index is -0.323. The van der Waals surface area contributed by atoms with E-state index in [0.29, 0.717) is 6.54 Å². The summed E-state index contributed by atoms with van der Waals surface area (Å²) in [5.74, 6) is -0.311. The fraction of sp³-hybridized carbons (Fsp3) is 0.360. The number of imidazole rings is 1. The molecule has 0 spiro atoms. The van der Waals surface area contributed by atoms with Gasteiger partial charge >= 0.3 is 0 Å². The summed E-state index contributed by atoms with van der Waals surface area (Å²) >= 11 is 0. The summed E-state index contributed by atoms with van der Waals surface area (Å²) in [7, 11) is 0. The summed E-state index contributed by atoms with van der Waals surface area (Å²) in [5.41, 5.74) is 1.94. The Balaban J connectivity index is 0.00000184. The predicted octanol–water partition coefficient (Wildman–Crippen LogP) is 5.91. The number of hydrogen-bond donors (Lipinski definition) is 1. The molecule has 158 valence electrons. The van der Waals surface area contributed by atoms with E-state index in [-0.39, 0.29) is 11.8 Å². The number of aryl methyl sites for hydroxylation is 1. The number of aromatic nitrogens is 2. The highest BCUT2D eigenvalue weighted by molar-refractivity contribution is 5.87. The first kappa shape index (κ1) is 26.1. The quantitative estimate of drug-likeness (QED) is 0.423. The lowest BCUT2D eigenvalue weighted by molar-refractivity contribution is -0.121. The van der Waals surface area contributed by atoms with Crippen LogP contribution in [0.2, 0.25) is 0 Å². The molecule has 4 heteroatoms. The fourth-order valence-electron chi connectivity index (χ4n) is 2.67. The Kier molecular flexibility index (Phi) is 15.5. The summed E-state index contributed by atoms with van der Waals surface area (Å²) in [6.45, 7) is 15.1. The predicted molar refractivity (Wildman–Crippen MR) is 125 cm³/mol. The monoisotopic (exact) mass is 395 g/mol. The smallest absolute Gasteiger partial charge is 0.231 e. The van der Waals surface area contributed by atoms with Gasteiger partial charge in [-0.15, -0.1) is 0 Å². The van der Waals surface area contributed by atoms with Gasteiger partial charge in [-0.25, -0.2) is 4.98 Å². The summed E-state index contributed by atoms with van der Waals surface area (Å²) in [4.78, 5) is 16.9. The van der Waals surface area contributed by atoms with E-state index >= 15 is 0 Å². The third kappa shape index (κ3) is 9.74. The molecule has 0 radical (unpaired) electrons. The molecule has 1 atom stereocenters. The number of nitrogens with one attached hydrogen (secondary N) is 1. The molecule has 1 heterocycles. The minimum Gasteiger partial charge on any atom is -0.355 e. The van der Waals surface area contributed by atoms with Crippen molar-refractivity contribution in [1.82, 2.24) is 14.9 Å². The third-order valence-electron chi connectivity index (χ3n) is 3.94. The molecular weight excluding hydrogens is 358 g/mol. The van der Waals surface area contributed by atoms with Crippen molar-refractivity contribution in [2.24, 2.45) is 0 Å². The Bertz CT molecular complexity index is 716. The maximum absolute atomic E-state index is 12.8. The van der Waals surface area contributed by atoms with Gasteiger partial charge < -0.3 is 9.88 Å². The molecule has 1 N–H and O–H groups in total. The van der Waals surface area contributed by atoms with Crippen molar-refractivity contribution in [1.29, 1.82) is 0 Å². The van der Waals surface area contributed by atoms with E-state index in [1.807, 2.05) is 93.9 Å². The number of carbonyl (C=O) groups is 1. The summed E-state index contributed by atoms with van der Waals surface area (Å²) in [5, 5.41) is 3.06. The first-order chi connectivity index (χ1) is 14.3. The topological polar surface area (TPSA) is 46.9 Å². The molecule has 0 bridgehead atoms. The minimum absolute atomic E-state index is 0.0126. The van der Waals surface area contributed by atoms with Crippen molar-refractivity contribution in [2.45, 2.75) is 53.5 Å². The van der Waals surface area contributed by atoms with Crippen LogP contribution in [0.15, 0.2) is 85.5 Å². The van der Waals surface area contributed by atoms with Crippen LogP contribution < -0.4 is 5.32 Å². The van der Waals surface area contributed by atoms with E-state index in [9.17, 15) is 4.79 Å². The van der Waals surface area contributed by atoms with Crippen LogP contribution in [0.1, 0.15) is 52.5 Å². The van der Waals surface area contributed by atoms with Crippen LogP contribution in [0.25, 0.3) is 0 Å². The molecule has 0 aliphatic heterocycles. The van der Waals surface area contributed by atoms with Gasteiger partial charge in [-0.2, -0.15) is 0 Å². The zero-order valence-corrected chi connectivity index (χ0v) is 18.6. The second-order valence-electron chi connectivity index (χ2n) is 5.67. The molecule has 0 fully saturated rings. The molecule has 29 heavy (non-hydrogen) atoms. The highest BCUT2D eigenvalue weighted by Gasteiger charge is 2.22. The second-order valence-corrected chi connectivity index (χ2v) is 5.67. The van der Waals surface area contributed by atoms with Gasteiger partial charge in [0.2, 0.25) is 5.91 Å². The Hall–Kier alpha value is -2.88. The van der Waals surface area contributed by atoms with Crippen LogP contribution in [-0.4, -0.2) is 22.0 Å². The van der Waals surface area contributed by atoms with Gasteiger partial charge in [0.15, 0.2) is 0 Å². The average molecular weight is 396 g/mol. The highest BCUT2D eigenvalue weighted by Crippen LogP contribution is 2.25. The van der Waals surface area contributed by atoms with Crippen molar-refractivity contribution < 1.29 is 4.79 Å². The summed E-state index contributed by atoms with van der Waals surface area (Å²) in [6, 6.07) is 9.85. The Morgan fingerprint density at radius 2 is 1.90 bits per heavy atom. The zero-order chi connectivity index (χ0) is 21.9. The molecule has 4 nitrogen and oxygen atoms in total.